The molecule has 0 radical (unpaired) electrons. The molecular formula is C15H22N4OS. The van der Waals surface area contributed by atoms with Crippen molar-refractivity contribution in [3.05, 3.63) is 10.4 Å². The zero-order valence-corrected chi connectivity index (χ0v) is 13.6. The summed E-state index contributed by atoms with van der Waals surface area (Å²) < 4.78 is 0. The van der Waals surface area contributed by atoms with E-state index in [9.17, 15) is 10.1 Å². The van der Waals surface area contributed by atoms with Gasteiger partial charge in [-0.25, -0.2) is 0 Å². The first-order valence-corrected chi connectivity index (χ1v) is 8.11. The molecule has 1 aromatic rings. The Labute approximate surface area is 129 Å². The number of nitriles is 1. The van der Waals surface area contributed by atoms with E-state index in [1.807, 2.05) is 6.92 Å². The SMILES string of the molecule is CCCNC(=O)c1sc(NC(C)(C)C2CC2)c(C#N)c1N. The third kappa shape index (κ3) is 3.30. The second-order valence-electron chi connectivity index (χ2n) is 6.04. The summed E-state index contributed by atoms with van der Waals surface area (Å²) in [5.41, 5.74) is 6.57. The number of nitrogens with two attached hydrogens (primary N) is 1. The summed E-state index contributed by atoms with van der Waals surface area (Å²) in [4.78, 5) is 12.5. The molecule has 2 rings (SSSR count). The molecule has 1 aromatic heterocycles. The normalized spacial score (nSPS) is 14.6. The lowest BCUT2D eigenvalue weighted by Crippen LogP contribution is -2.33. The van der Waals surface area contributed by atoms with Crippen LogP contribution in [-0.2, 0) is 0 Å². The van der Waals surface area contributed by atoms with Crippen molar-refractivity contribution in [3.8, 4) is 6.07 Å². The monoisotopic (exact) mass is 306 g/mol. The largest absolute Gasteiger partial charge is 0.396 e. The Morgan fingerprint density at radius 1 is 1.52 bits per heavy atom. The van der Waals surface area contributed by atoms with Gasteiger partial charge < -0.3 is 16.4 Å². The molecule has 1 saturated carbocycles. The second kappa shape index (κ2) is 5.94. The fourth-order valence-corrected chi connectivity index (χ4v) is 3.48. The van der Waals surface area contributed by atoms with Crippen LogP contribution >= 0.6 is 11.3 Å². The lowest BCUT2D eigenvalue weighted by Gasteiger charge is -2.26. The van der Waals surface area contributed by atoms with Crippen LogP contribution in [0.1, 0.15) is 55.3 Å². The van der Waals surface area contributed by atoms with Gasteiger partial charge in [0.1, 0.15) is 21.5 Å². The van der Waals surface area contributed by atoms with Crippen molar-refractivity contribution >= 4 is 27.9 Å². The van der Waals surface area contributed by atoms with Crippen molar-refractivity contribution in [2.75, 3.05) is 17.6 Å². The Hall–Kier alpha value is -1.74. The summed E-state index contributed by atoms with van der Waals surface area (Å²) >= 11 is 1.27. The van der Waals surface area contributed by atoms with E-state index in [0.29, 0.717) is 27.9 Å². The lowest BCUT2D eigenvalue weighted by molar-refractivity contribution is 0.0958. The lowest BCUT2D eigenvalue weighted by atomic mass is 9.99. The first kappa shape index (κ1) is 15.6. The summed E-state index contributed by atoms with van der Waals surface area (Å²) in [7, 11) is 0. The number of nitrogens with zero attached hydrogens (tertiary/aromatic N) is 1. The minimum Gasteiger partial charge on any atom is -0.396 e. The van der Waals surface area contributed by atoms with Gasteiger partial charge >= 0.3 is 0 Å². The van der Waals surface area contributed by atoms with Crippen LogP contribution in [0.4, 0.5) is 10.7 Å². The zero-order chi connectivity index (χ0) is 15.6. The maximum atomic E-state index is 12.1. The smallest absolute Gasteiger partial charge is 0.263 e. The fourth-order valence-electron chi connectivity index (χ4n) is 2.33. The molecule has 0 atom stereocenters. The topological polar surface area (TPSA) is 90.9 Å². The second-order valence-corrected chi connectivity index (χ2v) is 7.06. The highest BCUT2D eigenvalue weighted by Gasteiger charge is 2.38. The highest BCUT2D eigenvalue weighted by molar-refractivity contribution is 7.19. The maximum absolute atomic E-state index is 12.1. The Balaban J connectivity index is 2.25. The summed E-state index contributed by atoms with van der Waals surface area (Å²) in [5.74, 6) is 0.415. The Bertz CT molecular complexity index is 581. The molecule has 0 bridgehead atoms. The molecule has 5 nitrogen and oxygen atoms in total. The van der Waals surface area contributed by atoms with Gasteiger partial charge in [-0.1, -0.05) is 6.92 Å². The van der Waals surface area contributed by atoms with E-state index in [-0.39, 0.29) is 17.1 Å². The molecule has 21 heavy (non-hydrogen) atoms. The highest BCUT2D eigenvalue weighted by atomic mass is 32.1. The molecule has 1 aliphatic carbocycles. The number of thiophene rings is 1. The molecule has 0 aromatic carbocycles. The molecule has 1 aliphatic rings. The standard InChI is InChI=1S/C15H22N4OS/c1-4-7-18-13(20)12-11(17)10(8-16)14(21-12)19-15(2,3)9-5-6-9/h9,19H,4-7,17H2,1-3H3,(H,18,20). The van der Waals surface area contributed by atoms with Crippen molar-refractivity contribution < 1.29 is 4.79 Å². The van der Waals surface area contributed by atoms with Crippen molar-refractivity contribution in [1.82, 2.24) is 5.32 Å². The average molecular weight is 306 g/mol. The maximum Gasteiger partial charge on any atom is 0.263 e. The van der Waals surface area contributed by atoms with Crippen LogP contribution in [0.3, 0.4) is 0 Å². The van der Waals surface area contributed by atoms with Crippen LogP contribution in [0.15, 0.2) is 0 Å². The van der Waals surface area contributed by atoms with Crippen molar-refractivity contribution in [1.29, 1.82) is 5.26 Å². The van der Waals surface area contributed by atoms with Gasteiger partial charge in [0.15, 0.2) is 0 Å². The molecule has 4 N–H and O–H groups in total. The fraction of sp³-hybridized carbons (Fsp3) is 0.600. The number of anilines is 2. The summed E-state index contributed by atoms with van der Waals surface area (Å²) in [6.45, 7) is 6.84. The van der Waals surface area contributed by atoms with Gasteiger partial charge in [0.2, 0.25) is 0 Å². The molecular weight excluding hydrogens is 284 g/mol. The molecule has 0 aliphatic heterocycles. The van der Waals surface area contributed by atoms with Crippen molar-refractivity contribution in [3.63, 3.8) is 0 Å². The van der Waals surface area contributed by atoms with Gasteiger partial charge in [0.05, 0.1) is 5.69 Å². The number of amides is 1. The molecule has 114 valence electrons. The van der Waals surface area contributed by atoms with E-state index >= 15 is 0 Å². The van der Waals surface area contributed by atoms with Crippen molar-refractivity contribution in [2.45, 2.75) is 45.6 Å². The first-order valence-electron chi connectivity index (χ1n) is 7.29. The Morgan fingerprint density at radius 2 is 2.19 bits per heavy atom. The minimum absolute atomic E-state index is 0.0833. The van der Waals surface area contributed by atoms with E-state index in [1.165, 1.54) is 24.2 Å². The predicted molar refractivity (Wildman–Crippen MR) is 86.5 cm³/mol. The van der Waals surface area contributed by atoms with Gasteiger partial charge in [-0.15, -0.1) is 11.3 Å². The Morgan fingerprint density at radius 3 is 2.71 bits per heavy atom. The summed E-state index contributed by atoms with van der Waals surface area (Å²) in [5, 5.41) is 16.2. The predicted octanol–water partition coefficient (Wildman–Crippen LogP) is 2.94. The number of carbonyl (C=O) groups is 1. The molecule has 0 spiro atoms. The van der Waals surface area contributed by atoms with E-state index in [2.05, 4.69) is 30.6 Å². The zero-order valence-electron chi connectivity index (χ0n) is 12.7. The third-order valence-corrected chi connectivity index (χ3v) is 4.95. The van der Waals surface area contributed by atoms with Crippen LogP contribution in [0, 0.1) is 17.2 Å². The molecule has 1 heterocycles. The Kier molecular flexibility index (Phi) is 4.43. The number of hydrogen-bond donors (Lipinski definition) is 3. The molecule has 0 saturated heterocycles. The first-order chi connectivity index (χ1) is 9.90. The quantitative estimate of drug-likeness (QED) is 0.753. The van der Waals surface area contributed by atoms with Crippen LogP contribution in [0.25, 0.3) is 0 Å². The molecule has 1 fully saturated rings. The summed E-state index contributed by atoms with van der Waals surface area (Å²) in [6, 6.07) is 2.12. The van der Waals surface area contributed by atoms with Crippen LogP contribution in [0.2, 0.25) is 0 Å². The van der Waals surface area contributed by atoms with Crippen LogP contribution < -0.4 is 16.4 Å². The highest BCUT2D eigenvalue weighted by Crippen LogP contribution is 2.44. The number of hydrogen-bond acceptors (Lipinski definition) is 5. The van der Waals surface area contributed by atoms with E-state index < -0.39 is 0 Å². The number of rotatable bonds is 6. The summed E-state index contributed by atoms with van der Waals surface area (Å²) in [6.07, 6.45) is 3.27. The van der Waals surface area contributed by atoms with Crippen molar-refractivity contribution in [2.24, 2.45) is 5.92 Å². The van der Waals surface area contributed by atoms with Gasteiger partial charge in [-0.2, -0.15) is 5.26 Å². The van der Waals surface area contributed by atoms with E-state index in [0.717, 1.165) is 6.42 Å². The van der Waals surface area contributed by atoms with Gasteiger partial charge in [-0.05, 0) is 39.0 Å². The minimum atomic E-state index is -0.201. The number of nitrogen functional groups attached to an aromatic ring is 1. The van der Waals surface area contributed by atoms with Gasteiger partial charge in [0.25, 0.3) is 5.91 Å². The number of carbonyl (C=O) groups excluding carboxylic acids is 1. The molecule has 0 unspecified atom stereocenters. The third-order valence-electron chi connectivity index (χ3n) is 3.83. The molecule has 1 amide bonds. The average Bonchev–Trinajstić information content (AvgIpc) is 3.23. The molecule has 6 heteroatoms. The van der Waals surface area contributed by atoms with Crippen LogP contribution in [-0.4, -0.2) is 18.0 Å². The van der Waals surface area contributed by atoms with Crippen LogP contribution in [0.5, 0.6) is 0 Å². The van der Waals surface area contributed by atoms with Gasteiger partial charge in [0, 0.05) is 12.1 Å². The van der Waals surface area contributed by atoms with E-state index in [1.54, 1.807) is 0 Å². The van der Waals surface area contributed by atoms with E-state index in [4.69, 9.17) is 5.73 Å². The van der Waals surface area contributed by atoms with Gasteiger partial charge in [-0.3, -0.25) is 4.79 Å². The number of nitrogens with one attached hydrogen (secondary N) is 2.